The summed E-state index contributed by atoms with van der Waals surface area (Å²) in [7, 11) is 0. The van der Waals surface area contributed by atoms with Crippen LogP contribution in [0, 0.1) is 0 Å². The second-order valence-electron chi connectivity index (χ2n) is 4.88. The number of urea groups is 1. The molecule has 0 fully saturated rings. The van der Waals surface area contributed by atoms with Crippen LogP contribution in [-0.4, -0.2) is 12.2 Å². The van der Waals surface area contributed by atoms with Gasteiger partial charge in [-0.05, 0) is 23.8 Å². The van der Waals surface area contributed by atoms with E-state index < -0.39 is 17.7 Å². The van der Waals surface area contributed by atoms with E-state index in [4.69, 9.17) is 11.6 Å². The van der Waals surface area contributed by atoms with Gasteiger partial charge in [0, 0.05) is 16.3 Å². The van der Waals surface area contributed by atoms with E-state index in [1.54, 1.807) is 6.07 Å². The highest BCUT2D eigenvalue weighted by molar-refractivity contribution is 6.30. The zero-order valence-electron chi connectivity index (χ0n) is 11.0. The number of alkyl halides is 3. The summed E-state index contributed by atoms with van der Waals surface area (Å²) in [5.74, 6) is 0. The number of hydrogen-bond acceptors (Lipinski definition) is 1. The van der Waals surface area contributed by atoms with E-state index in [0.717, 1.165) is 0 Å². The molecule has 1 aliphatic heterocycles. The molecule has 0 saturated heterocycles. The Morgan fingerprint density at radius 2 is 1.73 bits per heavy atom. The van der Waals surface area contributed by atoms with Crippen molar-refractivity contribution in [2.75, 3.05) is 5.32 Å². The first-order chi connectivity index (χ1) is 10.3. The van der Waals surface area contributed by atoms with Crippen LogP contribution in [-0.2, 0) is 5.54 Å². The van der Waals surface area contributed by atoms with Crippen molar-refractivity contribution in [1.29, 1.82) is 0 Å². The summed E-state index contributed by atoms with van der Waals surface area (Å²) in [6.07, 6.45) is -4.74. The average Bonchev–Trinajstić information content (AvgIpc) is 2.46. The third kappa shape index (κ3) is 2.11. The molecule has 1 heterocycles. The van der Waals surface area contributed by atoms with Crippen molar-refractivity contribution in [2.45, 2.75) is 11.7 Å². The summed E-state index contributed by atoms with van der Waals surface area (Å²) >= 11 is 5.87. The highest BCUT2D eigenvalue weighted by atomic mass is 35.5. The second-order valence-corrected chi connectivity index (χ2v) is 5.32. The van der Waals surface area contributed by atoms with Crippen molar-refractivity contribution < 1.29 is 18.0 Å². The van der Waals surface area contributed by atoms with Gasteiger partial charge in [-0.3, -0.25) is 0 Å². The maximum absolute atomic E-state index is 14.0. The summed E-state index contributed by atoms with van der Waals surface area (Å²) in [6.45, 7) is 0. The lowest BCUT2D eigenvalue weighted by molar-refractivity contribution is -0.184. The zero-order valence-corrected chi connectivity index (χ0v) is 11.8. The molecule has 2 aromatic carbocycles. The van der Waals surface area contributed by atoms with Gasteiger partial charge in [0.15, 0.2) is 5.54 Å². The first-order valence-electron chi connectivity index (χ1n) is 6.36. The highest BCUT2D eigenvalue weighted by Crippen LogP contribution is 2.48. The third-order valence-electron chi connectivity index (χ3n) is 3.57. The van der Waals surface area contributed by atoms with Gasteiger partial charge >= 0.3 is 12.2 Å². The molecule has 0 unspecified atom stereocenters. The van der Waals surface area contributed by atoms with Crippen LogP contribution in [0.15, 0.2) is 48.5 Å². The van der Waals surface area contributed by atoms with E-state index in [1.165, 1.54) is 42.5 Å². The van der Waals surface area contributed by atoms with Gasteiger partial charge in [0.25, 0.3) is 0 Å². The summed E-state index contributed by atoms with van der Waals surface area (Å²) in [5, 5.41) is 4.56. The first kappa shape index (κ1) is 14.7. The highest BCUT2D eigenvalue weighted by Gasteiger charge is 2.60. The third-order valence-corrected chi connectivity index (χ3v) is 3.80. The molecular weight excluding hydrogens is 317 g/mol. The van der Waals surface area contributed by atoms with Gasteiger partial charge in [-0.25, -0.2) is 4.79 Å². The van der Waals surface area contributed by atoms with Crippen LogP contribution in [0.25, 0.3) is 0 Å². The number of hydrogen-bond donors (Lipinski definition) is 2. The van der Waals surface area contributed by atoms with Gasteiger partial charge in [-0.1, -0.05) is 41.9 Å². The molecule has 0 aliphatic carbocycles. The van der Waals surface area contributed by atoms with E-state index in [9.17, 15) is 18.0 Å². The van der Waals surface area contributed by atoms with Crippen molar-refractivity contribution in [2.24, 2.45) is 0 Å². The molecule has 0 aromatic heterocycles. The van der Waals surface area contributed by atoms with Gasteiger partial charge in [-0.2, -0.15) is 13.2 Å². The minimum atomic E-state index is -4.74. The van der Waals surface area contributed by atoms with E-state index in [-0.39, 0.29) is 21.8 Å². The van der Waals surface area contributed by atoms with Gasteiger partial charge in [0.2, 0.25) is 0 Å². The Hall–Kier alpha value is -2.21. The number of benzene rings is 2. The number of rotatable bonds is 1. The molecule has 2 amide bonds. The molecule has 0 bridgehead atoms. The molecule has 2 N–H and O–H groups in total. The van der Waals surface area contributed by atoms with Gasteiger partial charge in [0.05, 0.1) is 0 Å². The molecule has 0 radical (unpaired) electrons. The largest absolute Gasteiger partial charge is 0.420 e. The SMILES string of the molecule is O=C1Nc2ccc(Cl)cc2[C@](c2ccccc2)(C(F)(F)F)N1. The summed E-state index contributed by atoms with van der Waals surface area (Å²) in [4.78, 5) is 11.8. The van der Waals surface area contributed by atoms with Crippen LogP contribution in [0.2, 0.25) is 5.02 Å². The number of carbonyl (C=O) groups is 1. The Kier molecular flexibility index (Phi) is 3.29. The van der Waals surface area contributed by atoms with Gasteiger partial charge < -0.3 is 10.6 Å². The lowest BCUT2D eigenvalue weighted by Gasteiger charge is -2.41. The smallest absolute Gasteiger partial charge is 0.316 e. The average molecular weight is 327 g/mol. The monoisotopic (exact) mass is 326 g/mol. The molecule has 22 heavy (non-hydrogen) atoms. The topological polar surface area (TPSA) is 41.1 Å². The van der Waals surface area contributed by atoms with Crippen LogP contribution in [0.1, 0.15) is 11.1 Å². The predicted octanol–water partition coefficient (Wildman–Crippen LogP) is 4.28. The molecule has 114 valence electrons. The molecule has 1 aliphatic rings. The van der Waals surface area contributed by atoms with Gasteiger partial charge in [0.1, 0.15) is 0 Å². The van der Waals surface area contributed by atoms with Gasteiger partial charge in [-0.15, -0.1) is 0 Å². The van der Waals surface area contributed by atoms with Crippen LogP contribution < -0.4 is 10.6 Å². The molecule has 3 nitrogen and oxygen atoms in total. The molecule has 1 atom stereocenters. The molecular formula is C15H10ClF3N2O. The molecule has 0 saturated carbocycles. The Labute approximate surface area is 129 Å². The number of anilines is 1. The molecule has 0 spiro atoms. The molecule has 7 heteroatoms. The number of amides is 2. The fourth-order valence-corrected chi connectivity index (χ4v) is 2.80. The Balaban J connectivity index is 2.37. The zero-order chi connectivity index (χ0) is 16.0. The summed E-state index contributed by atoms with van der Waals surface area (Å²) in [6, 6.07) is 10.3. The van der Waals surface area contributed by atoms with E-state index in [1.807, 2.05) is 5.32 Å². The van der Waals surface area contributed by atoms with Crippen molar-refractivity contribution in [3.63, 3.8) is 0 Å². The number of fused-ring (bicyclic) bond motifs is 1. The van der Waals surface area contributed by atoms with Crippen molar-refractivity contribution >= 4 is 23.3 Å². The van der Waals surface area contributed by atoms with Crippen molar-refractivity contribution in [1.82, 2.24) is 5.32 Å². The Morgan fingerprint density at radius 1 is 1.05 bits per heavy atom. The second kappa shape index (κ2) is 4.91. The number of nitrogens with one attached hydrogen (secondary N) is 2. The minimum Gasteiger partial charge on any atom is -0.316 e. The van der Waals surface area contributed by atoms with Crippen LogP contribution in [0.4, 0.5) is 23.7 Å². The first-order valence-corrected chi connectivity index (χ1v) is 6.74. The number of carbonyl (C=O) groups excluding carboxylic acids is 1. The quantitative estimate of drug-likeness (QED) is 0.807. The lowest BCUT2D eigenvalue weighted by Crippen LogP contribution is -2.60. The van der Waals surface area contributed by atoms with Crippen LogP contribution >= 0.6 is 11.6 Å². The van der Waals surface area contributed by atoms with Crippen LogP contribution in [0.3, 0.4) is 0 Å². The molecule has 3 rings (SSSR count). The summed E-state index contributed by atoms with van der Waals surface area (Å²) in [5.41, 5.74) is -2.79. The molecule has 2 aromatic rings. The standard InChI is InChI=1S/C15H10ClF3N2O/c16-10-6-7-12-11(8-10)14(15(17,18)19,21-13(22)20-12)9-4-2-1-3-5-9/h1-8H,(H2,20,21,22)/t14-/m1/s1. The van der Waals surface area contributed by atoms with E-state index in [0.29, 0.717) is 0 Å². The minimum absolute atomic E-state index is 0.0781. The fraction of sp³-hybridized carbons (Fsp3) is 0.133. The summed E-state index contributed by atoms with van der Waals surface area (Å²) < 4.78 is 41.9. The Bertz CT molecular complexity index is 733. The normalized spacial score (nSPS) is 20.8. The Morgan fingerprint density at radius 3 is 2.36 bits per heavy atom. The van der Waals surface area contributed by atoms with Crippen LogP contribution in [0.5, 0.6) is 0 Å². The van der Waals surface area contributed by atoms with E-state index in [2.05, 4.69) is 5.32 Å². The maximum atomic E-state index is 14.0. The number of halogens is 4. The fourth-order valence-electron chi connectivity index (χ4n) is 2.63. The lowest BCUT2D eigenvalue weighted by atomic mass is 9.80. The van der Waals surface area contributed by atoms with Crippen molar-refractivity contribution in [3.8, 4) is 0 Å². The predicted molar refractivity (Wildman–Crippen MR) is 76.9 cm³/mol. The van der Waals surface area contributed by atoms with Crippen molar-refractivity contribution in [3.05, 3.63) is 64.7 Å². The van der Waals surface area contributed by atoms with E-state index >= 15 is 0 Å². The maximum Gasteiger partial charge on any atom is 0.420 e.